The largest absolute Gasteiger partial charge is 0.481 e. The second-order valence-electron chi connectivity index (χ2n) is 5.50. The highest BCUT2D eigenvalue weighted by molar-refractivity contribution is 8.00. The molecule has 2 amide bonds. The quantitative estimate of drug-likeness (QED) is 0.812. The minimum Gasteiger partial charge on any atom is -0.481 e. The Kier molecular flexibility index (Phi) is 4.60. The zero-order chi connectivity index (χ0) is 14.0. The number of carbonyl (C=O) groups is 2. The Labute approximate surface area is 118 Å². The smallest absolute Gasteiger partial charge is 0.317 e. The van der Waals surface area contributed by atoms with E-state index in [0.29, 0.717) is 18.1 Å². The monoisotopic (exact) mass is 286 g/mol. The predicted molar refractivity (Wildman–Crippen MR) is 75.4 cm³/mol. The van der Waals surface area contributed by atoms with Gasteiger partial charge < -0.3 is 15.3 Å². The van der Waals surface area contributed by atoms with Gasteiger partial charge in [0.1, 0.15) is 0 Å². The van der Waals surface area contributed by atoms with E-state index < -0.39 is 5.97 Å². The molecule has 5 nitrogen and oxygen atoms in total. The molecule has 19 heavy (non-hydrogen) atoms. The first kappa shape index (κ1) is 14.5. The minimum absolute atomic E-state index is 0.0192. The van der Waals surface area contributed by atoms with Gasteiger partial charge in [0.25, 0.3) is 0 Å². The molecule has 0 bridgehead atoms. The Bertz CT molecular complexity index is 364. The molecule has 0 aromatic carbocycles. The molecule has 2 fully saturated rings. The molecule has 108 valence electrons. The van der Waals surface area contributed by atoms with Crippen LogP contribution in [-0.4, -0.2) is 51.6 Å². The second-order valence-corrected chi connectivity index (χ2v) is 6.99. The van der Waals surface area contributed by atoms with Crippen molar-refractivity contribution in [3.8, 4) is 0 Å². The maximum Gasteiger partial charge on any atom is 0.317 e. The summed E-state index contributed by atoms with van der Waals surface area (Å²) in [5.74, 6) is -0.0619. The van der Waals surface area contributed by atoms with Crippen LogP contribution in [0, 0.1) is 5.92 Å². The molecule has 2 N–H and O–H groups in total. The van der Waals surface area contributed by atoms with Gasteiger partial charge in [0.2, 0.25) is 0 Å². The molecule has 1 heterocycles. The van der Waals surface area contributed by atoms with Crippen LogP contribution in [0.5, 0.6) is 0 Å². The molecule has 2 aliphatic rings. The molecular formula is C13H22N2O3S. The highest BCUT2D eigenvalue weighted by atomic mass is 32.2. The first-order valence-electron chi connectivity index (χ1n) is 6.90. The lowest BCUT2D eigenvalue weighted by molar-refractivity contribution is -0.141. The van der Waals surface area contributed by atoms with Crippen LogP contribution in [-0.2, 0) is 4.79 Å². The summed E-state index contributed by atoms with van der Waals surface area (Å²) in [7, 11) is 0. The van der Waals surface area contributed by atoms with Gasteiger partial charge in [-0.2, -0.15) is 11.8 Å². The van der Waals surface area contributed by atoms with Crippen LogP contribution in [0.25, 0.3) is 0 Å². The topological polar surface area (TPSA) is 69.6 Å². The number of amides is 2. The third-order valence-corrected chi connectivity index (χ3v) is 5.59. The number of carbonyl (C=O) groups excluding carboxylic acids is 1. The normalized spacial score (nSPS) is 35.2. The van der Waals surface area contributed by atoms with Crippen molar-refractivity contribution >= 4 is 23.8 Å². The highest BCUT2D eigenvalue weighted by Crippen LogP contribution is 2.27. The molecule has 0 aromatic rings. The molecule has 2 rings (SSSR count). The predicted octanol–water partition coefficient (Wildman–Crippen LogP) is 1.78. The summed E-state index contributed by atoms with van der Waals surface area (Å²) in [6, 6.07) is 0.219. The Morgan fingerprint density at radius 1 is 1.32 bits per heavy atom. The molecular weight excluding hydrogens is 264 g/mol. The van der Waals surface area contributed by atoms with Crippen molar-refractivity contribution in [2.24, 2.45) is 5.92 Å². The highest BCUT2D eigenvalue weighted by Gasteiger charge is 2.34. The Balaban J connectivity index is 1.86. The molecule has 1 saturated carbocycles. The van der Waals surface area contributed by atoms with Crippen LogP contribution in [0.4, 0.5) is 4.79 Å². The van der Waals surface area contributed by atoms with E-state index in [1.807, 2.05) is 16.7 Å². The molecule has 0 radical (unpaired) electrons. The third-order valence-electron chi connectivity index (χ3n) is 4.25. The molecule has 6 heteroatoms. The number of urea groups is 1. The van der Waals surface area contributed by atoms with E-state index in [0.717, 1.165) is 18.7 Å². The second kappa shape index (κ2) is 6.03. The van der Waals surface area contributed by atoms with Gasteiger partial charge in [-0.1, -0.05) is 6.92 Å². The summed E-state index contributed by atoms with van der Waals surface area (Å²) < 4.78 is 0. The molecule has 1 aliphatic carbocycles. The van der Waals surface area contributed by atoms with Crippen LogP contribution >= 0.6 is 11.8 Å². The Morgan fingerprint density at radius 2 is 2.05 bits per heavy atom. The zero-order valence-electron chi connectivity index (χ0n) is 11.5. The van der Waals surface area contributed by atoms with Gasteiger partial charge in [0, 0.05) is 29.6 Å². The Morgan fingerprint density at radius 3 is 2.68 bits per heavy atom. The number of nitrogens with one attached hydrogen (secondary N) is 1. The van der Waals surface area contributed by atoms with Gasteiger partial charge in [-0.3, -0.25) is 4.79 Å². The van der Waals surface area contributed by atoms with E-state index in [1.54, 1.807) is 0 Å². The summed E-state index contributed by atoms with van der Waals surface area (Å²) >= 11 is 1.89. The van der Waals surface area contributed by atoms with E-state index in [9.17, 15) is 9.59 Å². The lowest BCUT2D eigenvalue weighted by Gasteiger charge is -2.38. The van der Waals surface area contributed by atoms with Crippen molar-refractivity contribution in [1.29, 1.82) is 0 Å². The van der Waals surface area contributed by atoms with Crippen molar-refractivity contribution in [1.82, 2.24) is 10.2 Å². The van der Waals surface area contributed by atoms with Gasteiger partial charge in [-0.25, -0.2) is 4.79 Å². The summed E-state index contributed by atoms with van der Waals surface area (Å²) in [6.07, 6.45) is 2.00. The third kappa shape index (κ3) is 3.35. The number of rotatable bonds is 2. The number of carboxylic acids is 1. The fourth-order valence-electron chi connectivity index (χ4n) is 2.81. The number of thioether (sulfide) groups is 1. The van der Waals surface area contributed by atoms with Gasteiger partial charge in [0.05, 0.1) is 5.92 Å². The molecule has 2 unspecified atom stereocenters. The molecule has 1 saturated heterocycles. The van der Waals surface area contributed by atoms with Crippen LogP contribution in [0.1, 0.15) is 33.1 Å². The van der Waals surface area contributed by atoms with E-state index in [-0.39, 0.29) is 24.0 Å². The van der Waals surface area contributed by atoms with Crippen molar-refractivity contribution in [3.63, 3.8) is 0 Å². The van der Waals surface area contributed by atoms with Crippen LogP contribution < -0.4 is 5.32 Å². The summed E-state index contributed by atoms with van der Waals surface area (Å²) in [5, 5.41) is 12.4. The molecule has 1 aliphatic heterocycles. The molecule has 0 spiro atoms. The summed E-state index contributed by atoms with van der Waals surface area (Å²) in [6.45, 7) is 4.99. The van der Waals surface area contributed by atoms with Gasteiger partial charge in [0.15, 0.2) is 0 Å². The average Bonchev–Trinajstić information content (AvgIpc) is 2.81. The number of hydrogen-bond acceptors (Lipinski definition) is 3. The van der Waals surface area contributed by atoms with Crippen molar-refractivity contribution < 1.29 is 14.7 Å². The Hall–Kier alpha value is -0.910. The fourth-order valence-corrected chi connectivity index (χ4v) is 3.91. The maximum absolute atomic E-state index is 12.2. The van der Waals surface area contributed by atoms with Crippen LogP contribution in [0.3, 0.4) is 0 Å². The fraction of sp³-hybridized carbons (Fsp3) is 0.846. The summed E-state index contributed by atoms with van der Waals surface area (Å²) in [4.78, 5) is 25.0. The van der Waals surface area contributed by atoms with E-state index in [4.69, 9.17) is 5.11 Å². The van der Waals surface area contributed by atoms with Crippen LogP contribution in [0.15, 0.2) is 0 Å². The first-order valence-corrected chi connectivity index (χ1v) is 7.95. The lowest BCUT2D eigenvalue weighted by Crippen LogP contribution is -2.53. The lowest BCUT2D eigenvalue weighted by atomic mass is 10.1. The average molecular weight is 286 g/mol. The molecule has 4 atom stereocenters. The SMILES string of the molecule is CC1SCCN(C(=O)N[C@H]2CC[C@@H](C(=O)O)C2)C1C. The number of hydrogen-bond donors (Lipinski definition) is 2. The van der Waals surface area contributed by atoms with Crippen molar-refractivity contribution in [2.75, 3.05) is 12.3 Å². The number of carboxylic acid groups (broad SMARTS) is 1. The molecule has 0 aromatic heterocycles. The van der Waals surface area contributed by atoms with E-state index in [2.05, 4.69) is 19.2 Å². The maximum atomic E-state index is 12.2. The zero-order valence-corrected chi connectivity index (χ0v) is 12.3. The van der Waals surface area contributed by atoms with Gasteiger partial charge in [-0.05, 0) is 26.2 Å². The number of aliphatic carboxylic acids is 1. The first-order chi connectivity index (χ1) is 8.99. The minimum atomic E-state index is -0.742. The summed E-state index contributed by atoms with van der Waals surface area (Å²) in [5.41, 5.74) is 0. The van der Waals surface area contributed by atoms with Gasteiger partial charge in [-0.15, -0.1) is 0 Å². The van der Waals surface area contributed by atoms with Crippen molar-refractivity contribution in [2.45, 2.75) is 50.4 Å². The standard InChI is InChI=1S/C13H22N2O3S/c1-8-9(2)19-6-5-15(8)13(18)14-11-4-3-10(7-11)12(16)17/h8-11H,3-7H2,1-2H3,(H,14,18)(H,16,17)/t8?,9?,10-,11+/m1/s1. The van der Waals surface area contributed by atoms with Crippen molar-refractivity contribution in [3.05, 3.63) is 0 Å². The van der Waals surface area contributed by atoms with E-state index >= 15 is 0 Å². The number of nitrogens with zero attached hydrogens (tertiary/aromatic N) is 1. The van der Waals surface area contributed by atoms with Gasteiger partial charge >= 0.3 is 12.0 Å². The van der Waals surface area contributed by atoms with E-state index in [1.165, 1.54) is 0 Å². The van der Waals surface area contributed by atoms with Crippen LogP contribution in [0.2, 0.25) is 0 Å².